The Labute approximate surface area is 153 Å². The normalized spacial score (nSPS) is 20.6. The average molecular weight is 350 g/mol. The average Bonchev–Trinajstić information content (AvgIpc) is 2.67. The van der Waals surface area contributed by atoms with Crippen LogP contribution in [0.3, 0.4) is 0 Å². The van der Waals surface area contributed by atoms with Gasteiger partial charge in [0.05, 0.1) is 13.2 Å². The number of ketones is 1. The van der Waals surface area contributed by atoms with E-state index >= 15 is 0 Å². The number of Topliss-reactive ketones (excluding diaryl/α,β-unsaturated/α-hetero) is 1. The number of carbonyl (C=O) groups excluding carboxylic acids is 1. The standard InChI is InChI=1S/C22H22O4/c1-22(25-8-3-9-26-22)16-6-7-17-15(10-16)13-24-21-12-18-14(11-19(17)21)4-2-5-20(18)23/h6-7,10-12H,2-5,8-9,13H2,1H3. The van der Waals surface area contributed by atoms with Gasteiger partial charge in [-0.2, -0.15) is 0 Å². The number of aryl methyl sites for hydroxylation is 1. The Balaban J connectivity index is 1.57. The molecular formula is C22H22O4. The minimum absolute atomic E-state index is 0.235. The monoisotopic (exact) mass is 350 g/mol. The molecule has 4 nitrogen and oxygen atoms in total. The first-order valence-electron chi connectivity index (χ1n) is 9.39. The van der Waals surface area contributed by atoms with Crippen molar-refractivity contribution in [3.63, 3.8) is 0 Å². The van der Waals surface area contributed by atoms with Crippen molar-refractivity contribution >= 4 is 5.78 Å². The van der Waals surface area contributed by atoms with E-state index in [2.05, 4.69) is 24.3 Å². The first-order chi connectivity index (χ1) is 12.6. The van der Waals surface area contributed by atoms with Crippen molar-refractivity contribution in [1.82, 2.24) is 0 Å². The van der Waals surface area contributed by atoms with Gasteiger partial charge in [-0.1, -0.05) is 12.1 Å². The summed E-state index contributed by atoms with van der Waals surface area (Å²) in [5.74, 6) is 0.365. The number of ether oxygens (including phenoxy) is 3. The molecule has 1 aliphatic carbocycles. The van der Waals surface area contributed by atoms with Crippen molar-refractivity contribution in [3.8, 4) is 16.9 Å². The van der Waals surface area contributed by atoms with Gasteiger partial charge in [-0.05, 0) is 61.1 Å². The van der Waals surface area contributed by atoms with Crippen LogP contribution in [0.25, 0.3) is 11.1 Å². The SMILES string of the molecule is CC1(c2ccc3c(c2)COc2cc4c(cc2-3)CCCC4=O)OCCCO1. The highest BCUT2D eigenvalue weighted by Gasteiger charge is 2.33. The molecule has 2 aromatic rings. The smallest absolute Gasteiger partial charge is 0.191 e. The maximum atomic E-state index is 12.2. The molecule has 3 aliphatic rings. The minimum atomic E-state index is -0.685. The zero-order valence-corrected chi connectivity index (χ0v) is 15.0. The van der Waals surface area contributed by atoms with Crippen LogP contribution in [0.15, 0.2) is 30.3 Å². The molecule has 0 atom stereocenters. The maximum Gasteiger partial charge on any atom is 0.191 e. The molecule has 4 heteroatoms. The molecule has 1 saturated heterocycles. The van der Waals surface area contributed by atoms with E-state index in [1.165, 1.54) is 5.56 Å². The molecule has 0 saturated carbocycles. The summed E-state index contributed by atoms with van der Waals surface area (Å²) in [5, 5.41) is 0. The van der Waals surface area contributed by atoms with E-state index < -0.39 is 5.79 Å². The summed E-state index contributed by atoms with van der Waals surface area (Å²) in [4.78, 5) is 12.2. The van der Waals surface area contributed by atoms with E-state index in [-0.39, 0.29) is 5.78 Å². The fraction of sp³-hybridized carbons (Fsp3) is 0.409. The predicted molar refractivity (Wildman–Crippen MR) is 97.4 cm³/mol. The molecule has 0 N–H and O–H groups in total. The molecular weight excluding hydrogens is 328 g/mol. The van der Waals surface area contributed by atoms with Crippen molar-refractivity contribution in [2.24, 2.45) is 0 Å². The first-order valence-corrected chi connectivity index (χ1v) is 9.39. The summed E-state index contributed by atoms with van der Waals surface area (Å²) in [6.07, 6.45) is 3.47. The Kier molecular flexibility index (Phi) is 3.66. The van der Waals surface area contributed by atoms with Gasteiger partial charge in [-0.25, -0.2) is 0 Å². The molecule has 1 fully saturated rings. The Hall–Kier alpha value is -2.17. The van der Waals surface area contributed by atoms with Gasteiger partial charge in [-0.3, -0.25) is 4.79 Å². The molecule has 26 heavy (non-hydrogen) atoms. The van der Waals surface area contributed by atoms with Crippen molar-refractivity contribution in [2.45, 2.75) is 45.0 Å². The second-order valence-electron chi connectivity index (χ2n) is 7.44. The summed E-state index contributed by atoms with van der Waals surface area (Å²) in [7, 11) is 0. The van der Waals surface area contributed by atoms with Gasteiger partial charge < -0.3 is 14.2 Å². The van der Waals surface area contributed by atoms with Gasteiger partial charge in [0.15, 0.2) is 11.6 Å². The molecule has 2 heterocycles. The molecule has 0 aromatic heterocycles. The van der Waals surface area contributed by atoms with Gasteiger partial charge in [0.2, 0.25) is 0 Å². The van der Waals surface area contributed by atoms with Gasteiger partial charge >= 0.3 is 0 Å². The summed E-state index contributed by atoms with van der Waals surface area (Å²) in [6, 6.07) is 10.4. The van der Waals surface area contributed by atoms with E-state index in [1.807, 2.05) is 13.0 Å². The van der Waals surface area contributed by atoms with Gasteiger partial charge in [0, 0.05) is 23.1 Å². The second kappa shape index (κ2) is 5.93. The highest BCUT2D eigenvalue weighted by Crippen LogP contribution is 2.42. The Morgan fingerprint density at radius 2 is 1.73 bits per heavy atom. The number of benzene rings is 2. The third kappa shape index (κ3) is 2.48. The number of carbonyl (C=O) groups is 1. The third-order valence-corrected chi connectivity index (χ3v) is 5.70. The Morgan fingerprint density at radius 1 is 0.885 bits per heavy atom. The van der Waals surface area contributed by atoms with Gasteiger partial charge in [-0.15, -0.1) is 0 Å². The zero-order chi connectivity index (χ0) is 17.7. The molecule has 2 aromatic carbocycles. The van der Waals surface area contributed by atoms with E-state index in [0.717, 1.165) is 52.8 Å². The molecule has 0 unspecified atom stereocenters. The van der Waals surface area contributed by atoms with E-state index in [4.69, 9.17) is 14.2 Å². The number of hydrogen-bond donors (Lipinski definition) is 0. The first kappa shape index (κ1) is 16.0. The lowest BCUT2D eigenvalue weighted by Crippen LogP contribution is -2.35. The van der Waals surface area contributed by atoms with Crippen LogP contribution in [-0.2, 0) is 28.3 Å². The van der Waals surface area contributed by atoms with Crippen LogP contribution in [0.1, 0.15) is 53.2 Å². The van der Waals surface area contributed by atoms with Crippen LogP contribution in [0, 0.1) is 0 Å². The second-order valence-corrected chi connectivity index (χ2v) is 7.44. The van der Waals surface area contributed by atoms with Crippen molar-refractivity contribution in [1.29, 1.82) is 0 Å². The topological polar surface area (TPSA) is 44.8 Å². The van der Waals surface area contributed by atoms with E-state index in [9.17, 15) is 4.79 Å². The van der Waals surface area contributed by atoms with E-state index in [1.54, 1.807) is 0 Å². The van der Waals surface area contributed by atoms with Gasteiger partial charge in [0.1, 0.15) is 12.4 Å². The minimum Gasteiger partial charge on any atom is -0.488 e. The molecule has 134 valence electrons. The molecule has 5 rings (SSSR count). The summed E-state index contributed by atoms with van der Waals surface area (Å²) >= 11 is 0. The highest BCUT2D eigenvalue weighted by molar-refractivity contribution is 6.00. The van der Waals surface area contributed by atoms with Crippen LogP contribution in [0.5, 0.6) is 5.75 Å². The Morgan fingerprint density at radius 3 is 2.58 bits per heavy atom. The predicted octanol–water partition coefficient (Wildman–Crippen LogP) is 4.37. The van der Waals surface area contributed by atoms with Crippen molar-refractivity contribution in [2.75, 3.05) is 13.2 Å². The molecule has 2 aliphatic heterocycles. The maximum absolute atomic E-state index is 12.2. The fourth-order valence-corrected chi connectivity index (χ4v) is 4.21. The number of hydrogen-bond acceptors (Lipinski definition) is 4. The van der Waals surface area contributed by atoms with Crippen LogP contribution < -0.4 is 4.74 Å². The third-order valence-electron chi connectivity index (χ3n) is 5.70. The number of rotatable bonds is 1. The van der Waals surface area contributed by atoms with Crippen LogP contribution in [0.4, 0.5) is 0 Å². The Bertz CT molecular complexity index is 893. The largest absolute Gasteiger partial charge is 0.488 e. The van der Waals surface area contributed by atoms with Gasteiger partial charge in [0.25, 0.3) is 0 Å². The lowest BCUT2D eigenvalue weighted by Gasteiger charge is -2.35. The lowest BCUT2D eigenvalue weighted by atomic mass is 9.85. The van der Waals surface area contributed by atoms with Crippen molar-refractivity contribution in [3.05, 3.63) is 52.6 Å². The fourth-order valence-electron chi connectivity index (χ4n) is 4.21. The summed E-state index contributed by atoms with van der Waals surface area (Å²) in [6.45, 7) is 3.91. The van der Waals surface area contributed by atoms with Crippen LogP contribution >= 0.6 is 0 Å². The van der Waals surface area contributed by atoms with Crippen LogP contribution in [-0.4, -0.2) is 19.0 Å². The zero-order valence-electron chi connectivity index (χ0n) is 15.0. The lowest BCUT2D eigenvalue weighted by molar-refractivity contribution is -0.264. The number of fused-ring (bicyclic) bond motifs is 4. The summed E-state index contributed by atoms with van der Waals surface area (Å²) in [5.41, 5.74) is 6.40. The van der Waals surface area contributed by atoms with Crippen LogP contribution in [0.2, 0.25) is 0 Å². The van der Waals surface area contributed by atoms with Crippen molar-refractivity contribution < 1.29 is 19.0 Å². The molecule has 0 spiro atoms. The quantitative estimate of drug-likeness (QED) is 0.766. The molecule has 0 bridgehead atoms. The molecule has 0 radical (unpaired) electrons. The molecule has 0 amide bonds. The summed E-state index contributed by atoms with van der Waals surface area (Å²) < 4.78 is 17.8. The highest BCUT2D eigenvalue weighted by atomic mass is 16.7. The van der Waals surface area contributed by atoms with E-state index in [0.29, 0.717) is 26.2 Å².